The first-order valence-corrected chi connectivity index (χ1v) is 5.47. The molecule has 0 aliphatic rings. The van der Waals surface area contributed by atoms with E-state index in [0.717, 1.165) is 16.7 Å². The molecule has 6 nitrogen and oxygen atoms in total. The molecular weight excluding hydrogens is 206 g/mol. The molecule has 1 heterocycles. The Kier molecular flexibility index (Phi) is 4.54. The summed E-state index contributed by atoms with van der Waals surface area (Å²) in [6, 6.07) is 0. The highest BCUT2D eigenvalue weighted by Crippen LogP contribution is 2.01. The predicted octanol–water partition coefficient (Wildman–Crippen LogP) is -1.02. The summed E-state index contributed by atoms with van der Waals surface area (Å²) in [5.41, 5.74) is -0.810. The summed E-state index contributed by atoms with van der Waals surface area (Å²) in [5, 5.41) is 12.9. The van der Waals surface area contributed by atoms with Gasteiger partial charge in [0.05, 0.1) is 0 Å². The third-order valence-electron chi connectivity index (χ3n) is 1.67. The quantitative estimate of drug-likeness (QED) is 0.534. The van der Waals surface area contributed by atoms with Crippen LogP contribution in [0.2, 0.25) is 0 Å². The number of H-pyrrole nitrogens is 2. The lowest BCUT2D eigenvalue weighted by Gasteiger charge is -1.99. The van der Waals surface area contributed by atoms with Gasteiger partial charge < -0.3 is 5.11 Å². The minimum absolute atomic E-state index is 0.178. The number of aromatic nitrogens is 3. The van der Waals surface area contributed by atoms with Crippen LogP contribution in [-0.4, -0.2) is 38.0 Å². The summed E-state index contributed by atoms with van der Waals surface area (Å²) in [6.45, 7) is 0.575. The molecule has 0 spiro atoms. The third kappa shape index (κ3) is 3.08. The van der Waals surface area contributed by atoms with Gasteiger partial charge in [-0.15, -0.1) is 0 Å². The number of nitrogens with one attached hydrogen (secondary N) is 2. The highest BCUT2D eigenvalue weighted by molar-refractivity contribution is 7.99. The van der Waals surface area contributed by atoms with Gasteiger partial charge in [-0.1, -0.05) is 0 Å². The molecule has 0 radical (unpaired) electrons. The van der Waals surface area contributed by atoms with E-state index in [-0.39, 0.29) is 6.61 Å². The van der Waals surface area contributed by atoms with E-state index in [1.807, 2.05) is 0 Å². The summed E-state index contributed by atoms with van der Waals surface area (Å²) in [7, 11) is 0. The van der Waals surface area contributed by atoms with Crippen LogP contribution in [0.1, 0.15) is 6.42 Å². The molecule has 0 aromatic carbocycles. The zero-order chi connectivity index (χ0) is 10.4. The van der Waals surface area contributed by atoms with Gasteiger partial charge in [0, 0.05) is 18.9 Å². The number of thioether (sulfide) groups is 1. The summed E-state index contributed by atoms with van der Waals surface area (Å²) >= 11 is 1.61. The fraction of sp³-hybridized carbons (Fsp3) is 0.714. The van der Waals surface area contributed by atoms with Crippen LogP contribution in [0.15, 0.2) is 9.59 Å². The van der Waals surface area contributed by atoms with Gasteiger partial charge in [-0.2, -0.15) is 11.8 Å². The Balaban J connectivity index is 2.32. The number of aliphatic hydroxyl groups is 1. The average molecular weight is 219 g/mol. The summed E-state index contributed by atoms with van der Waals surface area (Å²) < 4.78 is 1.12. The van der Waals surface area contributed by atoms with Crippen LogP contribution in [-0.2, 0) is 6.54 Å². The number of rotatable bonds is 6. The maximum absolute atomic E-state index is 11.0. The third-order valence-corrected chi connectivity index (χ3v) is 2.72. The zero-order valence-corrected chi connectivity index (χ0v) is 8.47. The van der Waals surface area contributed by atoms with Gasteiger partial charge in [0.2, 0.25) is 0 Å². The van der Waals surface area contributed by atoms with E-state index >= 15 is 0 Å². The Morgan fingerprint density at radius 1 is 1.21 bits per heavy atom. The smallest absolute Gasteiger partial charge is 0.344 e. The van der Waals surface area contributed by atoms with Crippen molar-refractivity contribution in [2.24, 2.45) is 0 Å². The minimum atomic E-state index is -0.405. The van der Waals surface area contributed by atoms with Crippen LogP contribution in [0.3, 0.4) is 0 Å². The first-order valence-electron chi connectivity index (χ1n) is 4.32. The van der Waals surface area contributed by atoms with Crippen LogP contribution in [0.4, 0.5) is 0 Å². The maximum Gasteiger partial charge on any atom is 0.344 e. The van der Waals surface area contributed by atoms with Crippen molar-refractivity contribution in [3.8, 4) is 0 Å². The normalized spacial score (nSPS) is 10.6. The van der Waals surface area contributed by atoms with Crippen molar-refractivity contribution >= 4 is 11.8 Å². The lowest BCUT2D eigenvalue weighted by atomic mass is 10.5. The Labute approximate surface area is 84.3 Å². The van der Waals surface area contributed by atoms with E-state index in [1.54, 1.807) is 11.8 Å². The zero-order valence-electron chi connectivity index (χ0n) is 7.65. The Bertz CT molecular complexity index is 339. The van der Waals surface area contributed by atoms with Crippen LogP contribution in [0, 0.1) is 0 Å². The van der Waals surface area contributed by atoms with Crippen LogP contribution >= 0.6 is 11.8 Å². The molecule has 0 aliphatic heterocycles. The Morgan fingerprint density at radius 3 is 2.43 bits per heavy atom. The fourth-order valence-corrected chi connectivity index (χ4v) is 1.81. The second kappa shape index (κ2) is 5.71. The topological polar surface area (TPSA) is 90.9 Å². The van der Waals surface area contributed by atoms with Gasteiger partial charge >= 0.3 is 11.4 Å². The summed E-state index contributed by atoms with van der Waals surface area (Å²) in [6.07, 6.45) is 0.739. The Morgan fingerprint density at radius 2 is 1.86 bits per heavy atom. The SMILES string of the molecule is O=c1[nH][nH]c(=O)n1CCSCCCO. The van der Waals surface area contributed by atoms with Gasteiger partial charge in [0.15, 0.2) is 0 Å². The van der Waals surface area contributed by atoms with Crippen molar-refractivity contribution in [2.75, 3.05) is 18.1 Å². The van der Waals surface area contributed by atoms with Crippen LogP contribution in [0.25, 0.3) is 0 Å². The lowest BCUT2D eigenvalue weighted by molar-refractivity contribution is 0.296. The second-order valence-corrected chi connectivity index (χ2v) is 3.93. The van der Waals surface area contributed by atoms with Gasteiger partial charge in [-0.3, -0.25) is 0 Å². The van der Waals surface area contributed by atoms with Crippen molar-refractivity contribution in [1.82, 2.24) is 14.8 Å². The van der Waals surface area contributed by atoms with E-state index < -0.39 is 11.4 Å². The first kappa shape index (κ1) is 11.1. The Hall–Kier alpha value is -0.950. The standard InChI is InChI=1S/C7H13N3O3S/c11-3-1-4-14-5-2-10-6(12)8-9-7(10)13/h11H,1-5H2,(H,8,12)(H,9,13). The van der Waals surface area contributed by atoms with Crippen molar-refractivity contribution in [1.29, 1.82) is 0 Å². The van der Waals surface area contributed by atoms with Crippen LogP contribution in [0.5, 0.6) is 0 Å². The average Bonchev–Trinajstić information content (AvgIpc) is 2.48. The van der Waals surface area contributed by atoms with Gasteiger partial charge in [-0.25, -0.2) is 24.4 Å². The maximum atomic E-state index is 11.0. The van der Waals surface area contributed by atoms with Crippen molar-refractivity contribution in [2.45, 2.75) is 13.0 Å². The molecule has 0 amide bonds. The molecule has 0 fully saturated rings. The minimum Gasteiger partial charge on any atom is -0.396 e. The predicted molar refractivity (Wildman–Crippen MR) is 54.7 cm³/mol. The highest BCUT2D eigenvalue weighted by Gasteiger charge is 2.01. The van der Waals surface area contributed by atoms with Gasteiger partial charge in [-0.05, 0) is 12.2 Å². The molecule has 80 valence electrons. The molecule has 7 heteroatoms. The number of nitrogens with zero attached hydrogens (tertiary/aromatic N) is 1. The number of hydrogen-bond donors (Lipinski definition) is 3. The second-order valence-electron chi connectivity index (χ2n) is 2.70. The number of aliphatic hydroxyl groups excluding tert-OH is 1. The molecule has 0 aliphatic carbocycles. The molecular formula is C7H13N3O3S. The molecule has 1 rings (SSSR count). The lowest BCUT2D eigenvalue weighted by Crippen LogP contribution is -2.27. The van der Waals surface area contributed by atoms with Crippen LogP contribution < -0.4 is 11.4 Å². The molecule has 1 aromatic rings. The van der Waals surface area contributed by atoms with Crippen molar-refractivity contribution in [3.63, 3.8) is 0 Å². The van der Waals surface area contributed by atoms with Crippen molar-refractivity contribution < 1.29 is 5.11 Å². The monoisotopic (exact) mass is 219 g/mol. The largest absolute Gasteiger partial charge is 0.396 e. The number of hydrogen-bond acceptors (Lipinski definition) is 4. The van der Waals surface area contributed by atoms with E-state index in [2.05, 4.69) is 10.2 Å². The molecule has 0 atom stereocenters. The van der Waals surface area contributed by atoms with Gasteiger partial charge in [0.25, 0.3) is 0 Å². The summed E-state index contributed by atoms with van der Waals surface area (Å²) in [5.74, 6) is 1.54. The molecule has 0 bridgehead atoms. The molecule has 0 saturated heterocycles. The van der Waals surface area contributed by atoms with E-state index in [9.17, 15) is 9.59 Å². The first-order chi connectivity index (χ1) is 6.75. The van der Waals surface area contributed by atoms with E-state index in [0.29, 0.717) is 12.3 Å². The fourth-order valence-electron chi connectivity index (χ4n) is 0.962. The summed E-state index contributed by atoms with van der Waals surface area (Å²) in [4.78, 5) is 22.0. The van der Waals surface area contributed by atoms with E-state index in [4.69, 9.17) is 5.11 Å². The molecule has 0 saturated carbocycles. The molecule has 0 unspecified atom stereocenters. The molecule has 14 heavy (non-hydrogen) atoms. The van der Waals surface area contributed by atoms with Gasteiger partial charge in [0.1, 0.15) is 0 Å². The molecule has 1 aromatic heterocycles. The van der Waals surface area contributed by atoms with E-state index in [1.165, 1.54) is 0 Å². The van der Waals surface area contributed by atoms with Crippen molar-refractivity contribution in [3.05, 3.63) is 21.0 Å². The molecule has 3 N–H and O–H groups in total. The highest BCUT2D eigenvalue weighted by atomic mass is 32.2. The number of aromatic amines is 2.